The molecule has 3 aromatic rings. The summed E-state index contributed by atoms with van der Waals surface area (Å²) in [5.41, 5.74) is 3.85. The second-order valence-corrected chi connectivity index (χ2v) is 7.75. The molecule has 150 valence electrons. The quantitative estimate of drug-likeness (QED) is 0.696. The van der Waals surface area contributed by atoms with E-state index >= 15 is 0 Å². The Morgan fingerprint density at radius 3 is 2.66 bits per heavy atom. The Labute approximate surface area is 170 Å². The van der Waals surface area contributed by atoms with Gasteiger partial charge in [-0.25, -0.2) is 0 Å². The van der Waals surface area contributed by atoms with E-state index in [2.05, 4.69) is 21.6 Å². The number of amides is 2. The number of fused-ring (bicyclic) bond motifs is 1. The summed E-state index contributed by atoms with van der Waals surface area (Å²) in [7, 11) is 1.86. The monoisotopic (exact) mass is 390 g/mol. The van der Waals surface area contributed by atoms with E-state index in [1.54, 1.807) is 0 Å². The van der Waals surface area contributed by atoms with Crippen molar-refractivity contribution in [1.29, 1.82) is 0 Å². The number of H-pyrrole nitrogens is 1. The second kappa shape index (κ2) is 8.07. The lowest BCUT2D eigenvalue weighted by Crippen LogP contribution is -2.38. The van der Waals surface area contributed by atoms with Crippen LogP contribution in [0.2, 0.25) is 0 Å². The van der Waals surface area contributed by atoms with E-state index in [1.165, 1.54) is 0 Å². The SMILES string of the molecule is CCC(=O)N[C@@H]1CCC(N(C)C(=O)c2ccc(-c3ccc4[nH]ncc4c3)cc2)C1. The smallest absolute Gasteiger partial charge is 0.253 e. The van der Waals surface area contributed by atoms with Crippen LogP contribution in [0.25, 0.3) is 22.0 Å². The van der Waals surface area contributed by atoms with Gasteiger partial charge in [-0.05, 0) is 54.7 Å². The molecule has 2 aromatic carbocycles. The second-order valence-electron chi connectivity index (χ2n) is 7.75. The minimum atomic E-state index is 0.0225. The van der Waals surface area contributed by atoms with Gasteiger partial charge in [-0.15, -0.1) is 0 Å². The molecule has 1 aromatic heterocycles. The molecule has 2 N–H and O–H groups in total. The molecule has 0 aliphatic heterocycles. The maximum atomic E-state index is 12.9. The Morgan fingerprint density at radius 1 is 1.14 bits per heavy atom. The Balaban J connectivity index is 1.43. The van der Waals surface area contributed by atoms with Crippen molar-refractivity contribution in [3.05, 3.63) is 54.2 Å². The van der Waals surface area contributed by atoms with Gasteiger partial charge in [0, 0.05) is 36.5 Å². The van der Waals surface area contributed by atoms with E-state index in [4.69, 9.17) is 0 Å². The van der Waals surface area contributed by atoms with Crippen LogP contribution in [0.1, 0.15) is 43.0 Å². The third-order valence-electron chi connectivity index (χ3n) is 5.86. The molecular weight excluding hydrogens is 364 g/mol. The van der Waals surface area contributed by atoms with Crippen molar-refractivity contribution in [2.75, 3.05) is 7.05 Å². The Kier molecular flexibility index (Phi) is 5.34. The summed E-state index contributed by atoms with van der Waals surface area (Å²) in [6, 6.07) is 14.2. The van der Waals surface area contributed by atoms with Gasteiger partial charge in [-0.3, -0.25) is 14.7 Å². The number of nitrogens with one attached hydrogen (secondary N) is 2. The van der Waals surface area contributed by atoms with Crippen molar-refractivity contribution in [3.8, 4) is 11.1 Å². The van der Waals surface area contributed by atoms with Crippen LogP contribution in [0.5, 0.6) is 0 Å². The van der Waals surface area contributed by atoms with Crippen LogP contribution in [-0.4, -0.2) is 46.0 Å². The number of aromatic amines is 1. The normalized spacial score (nSPS) is 18.7. The van der Waals surface area contributed by atoms with Gasteiger partial charge in [0.1, 0.15) is 0 Å². The number of carbonyl (C=O) groups excluding carboxylic acids is 2. The van der Waals surface area contributed by atoms with Crippen molar-refractivity contribution < 1.29 is 9.59 Å². The highest BCUT2D eigenvalue weighted by atomic mass is 16.2. The molecule has 0 radical (unpaired) electrons. The van der Waals surface area contributed by atoms with E-state index in [9.17, 15) is 9.59 Å². The molecule has 6 nitrogen and oxygen atoms in total. The Hall–Kier alpha value is -3.15. The fourth-order valence-corrected chi connectivity index (χ4v) is 4.07. The third kappa shape index (κ3) is 4.01. The van der Waals surface area contributed by atoms with Gasteiger partial charge in [0.2, 0.25) is 5.91 Å². The highest BCUT2D eigenvalue weighted by Crippen LogP contribution is 2.27. The highest BCUT2D eigenvalue weighted by Gasteiger charge is 2.30. The van der Waals surface area contributed by atoms with Crippen LogP contribution in [0, 0.1) is 0 Å². The molecule has 1 saturated carbocycles. The summed E-state index contributed by atoms with van der Waals surface area (Å²) in [6.07, 6.45) is 4.96. The van der Waals surface area contributed by atoms with Gasteiger partial charge in [0.15, 0.2) is 0 Å². The zero-order valence-corrected chi connectivity index (χ0v) is 16.8. The summed E-state index contributed by atoms with van der Waals surface area (Å²) in [6.45, 7) is 1.86. The minimum Gasteiger partial charge on any atom is -0.353 e. The average molecular weight is 390 g/mol. The topological polar surface area (TPSA) is 78.1 Å². The minimum absolute atomic E-state index is 0.0225. The fraction of sp³-hybridized carbons (Fsp3) is 0.348. The van der Waals surface area contributed by atoms with E-state index in [0.717, 1.165) is 41.3 Å². The third-order valence-corrected chi connectivity index (χ3v) is 5.86. The predicted octanol–water partition coefficient (Wildman–Crippen LogP) is 3.75. The predicted molar refractivity (Wildman–Crippen MR) is 113 cm³/mol. The van der Waals surface area contributed by atoms with Crippen LogP contribution in [0.15, 0.2) is 48.7 Å². The molecule has 4 rings (SSSR count). The molecule has 6 heteroatoms. The van der Waals surface area contributed by atoms with Gasteiger partial charge in [0.05, 0.1) is 11.7 Å². The number of hydrogen-bond donors (Lipinski definition) is 2. The molecule has 0 bridgehead atoms. The molecule has 1 unspecified atom stereocenters. The zero-order chi connectivity index (χ0) is 20.4. The van der Waals surface area contributed by atoms with Gasteiger partial charge < -0.3 is 10.2 Å². The number of rotatable bonds is 5. The molecule has 2 atom stereocenters. The Morgan fingerprint density at radius 2 is 1.90 bits per heavy atom. The fourth-order valence-electron chi connectivity index (χ4n) is 4.07. The van der Waals surface area contributed by atoms with Crippen LogP contribution >= 0.6 is 0 Å². The lowest BCUT2D eigenvalue weighted by Gasteiger charge is -2.25. The summed E-state index contributed by atoms with van der Waals surface area (Å²) >= 11 is 0. The van der Waals surface area contributed by atoms with Gasteiger partial charge >= 0.3 is 0 Å². The lowest BCUT2D eigenvalue weighted by molar-refractivity contribution is -0.121. The van der Waals surface area contributed by atoms with Crippen molar-refractivity contribution in [1.82, 2.24) is 20.4 Å². The standard InChI is InChI=1S/C23H26N4O2/c1-3-22(28)25-19-9-10-20(13-19)27(2)23(29)16-6-4-15(5-7-16)17-8-11-21-18(12-17)14-24-26-21/h4-8,11-12,14,19-20H,3,9-10,13H2,1-2H3,(H,24,26)(H,25,28)/t19-,20?/m1/s1. The van der Waals surface area contributed by atoms with E-state index < -0.39 is 0 Å². The molecule has 1 aliphatic carbocycles. The molecule has 1 aliphatic rings. The number of benzene rings is 2. The first kappa shape index (κ1) is 19.2. The van der Waals surface area contributed by atoms with E-state index in [0.29, 0.717) is 12.0 Å². The van der Waals surface area contributed by atoms with Gasteiger partial charge in [-0.2, -0.15) is 5.10 Å². The average Bonchev–Trinajstić information content (AvgIpc) is 3.41. The van der Waals surface area contributed by atoms with Crippen molar-refractivity contribution >= 4 is 22.7 Å². The molecule has 29 heavy (non-hydrogen) atoms. The van der Waals surface area contributed by atoms with Crippen molar-refractivity contribution in [2.24, 2.45) is 0 Å². The van der Waals surface area contributed by atoms with Crippen LogP contribution < -0.4 is 5.32 Å². The first-order valence-corrected chi connectivity index (χ1v) is 10.1. The summed E-state index contributed by atoms with van der Waals surface area (Å²) in [4.78, 5) is 26.4. The molecule has 1 fully saturated rings. The molecule has 0 spiro atoms. The molecule has 0 saturated heterocycles. The van der Waals surface area contributed by atoms with E-state index in [-0.39, 0.29) is 23.9 Å². The Bertz CT molecular complexity index is 1020. The first-order chi connectivity index (χ1) is 14.0. The van der Waals surface area contributed by atoms with Crippen molar-refractivity contribution in [3.63, 3.8) is 0 Å². The number of nitrogens with zero attached hydrogens (tertiary/aromatic N) is 2. The van der Waals surface area contributed by atoms with Crippen LogP contribution in [0.4, 0.5) is 0 Å². The van der Waals surface area contributed by atoms with Gasteiger partial charge in [0.25, 0.3) is 5.91 Å². The van der Waals surface area contributed by atoms with Gasteiger partial charge in [-0.1, -0.05) is 25.1 Å². The summed E-state index contributed by atoms with van der Waals surface area (Å²) < 4.78 is 0. The van der Waals surface area contributed by atoms with Crippen LogP contribution in [-0.2, 0) is 4.79 Å². The lowest BCUT2D eigenvalue weighted by atomic mass is 10.0. The maximum Gasteiger partial charge on any atom is 0.253 e. The van der Waals surface area contributed by atoms with Crippen LogP contribution in [0.3, 0.4) is 0 Å². The molecule has 2 amide bonds. The van der Waals surface area contributed by atoms with E-state index in [1.807, 2.05) is 61.5 Å². The number of carbonyl (C=O) groups is 2. The first-order valence-electron chi connectivity index (χ1n) is 10.1. The molecule has 1 heterocycles. The summed E-state index contributed by atoms with van der Waals surface area (Å²) in [5.74, 6) is 0.100. The zero-order valence-electron chi connectivity index (χ0n) is 16.8. The maximum absolute atomic E-state index is 12.9. The molecular formula is C23H26N4O2. The summed E-state index contributed by atoms with van der Waals surface area (Å²) in [5, 5.41) is 11.1. The number of aromatic nitrogens is 2. The number of hydrogen-bond acceptors (Lipinski definition) is 3. The highest BCUT2D eigenvalue weighted by molar-refractivity contribution is 5.95. The van der Waals surface area contributed by atoms with Crippen molar-refractivity contribution in [2.45, 2.75) is 44.7 Å². The largest absolute Gasteiger partial charge is 0.353 e.